The predicted molar refractivity (Wildman–Crippen MR) is 103 cm³/mol. The van der Waals surface area contributed by atoms with Crippen LogP contribution in [0.4, 0.5) is 0 Å². The van der Waals surface area contributed by atoms with E-state index in [9.17, 15) is 4.79 Å². The highest BCUT2D eigenvalue weighted by Crippen LogP contribution is 2.44. The van der Waals surface area contributed by atoms with Crippen molar-refractivity contribution in [3.8, 4) is 5.95 Å². The van der Waals surface area contributed by atoms with Crippen molar-refractivity contribution in [2.24, 2.45) is 5.92 Å². The number of hydrogen-bond acceptors (Lipinski definition) is 3. The largest absolute Gasteiger partial charge is 0.468 e. The van der Waals surface area contributed by atoms with Crippen molar-refractivity contribution in [2.45, 2.75) is 60.3 Å². The molecule has 1 aromatic heterocycles. The molecule has 0 fully saturated rings. The van der Waals surface area contributed by atoms with Gasteiger partial charge in [-0.3, -0.25) is 4.79 Å². The van der Waals surface area contributed by atoms with Crippen LogP contribution in [0.5, 0.6) is 5.95 Å². The minimum atomic E-state index is -0.416. The van der Waals surface area contributed by atoms with Gasteiger partial charge in [0.25, 0.3) is 5.95 Å². The van der Waals surface area contributed by atoms with Gasteiger partial charge in [0, 0.05) is 5.56 Å². The van der Waals surface area contributed by atoms with E-state index in [2.05, 4.69) is 52.8 Å². The number of methoxy groups -OCH3 is 1. The predicted octanol–water partition coefficient (Wildman–Crippen LogP) is 5.40. The van der Waals surface area contributed by atoms with Gasteiger partial charge in [0.2, 0.25) is 0 Å². The molecule has 0 saturated heterocycles. The summed E-state index contributed by atoms with van der Waals surface area (Å²) in [6.45, 7) is 14.3. The van der Waals surface area contributed by atoms with Gasteiger partial charge in [-0.15, -0.1) is 0 Å². The first kappa shape index (κ1) is 19.3. The lowest BCUT2D eigenvalue weighted by atomic mass is 9.67. The van der Waals surface area contributed by atoms with Gasteiger partial charge in [0.15, 0.2) is 5.43 Å². The molecule has 0 saturated carbocycles. The van der Waals surface area contributed by atoms with Crippen molar-refractivity contribution in [1.29, 1.82) is 0 Å². The SMILES string of the molecule is CC[C@@H]1\C(C)=C/C(C)=C\C(C)=C/[C@@]1(C)c1oc(OC)c(C)c(=O)c1C. The lowest BCUT2D eigenvalue weighted by Gasteiger charge is -2.37. The third-order valence-electron chi connectivity index (χ3n) is 5.32. The van der Waals surface area contributed by atoms with Gasteiger partial charge in [0.1, 0.15) is 5.76 Å². The van der Waals surface area contributed by atoms with Crippen LogP contribution in [0.25, 0.3) is 0 Å². The molecule has 0 bridgehead atoms. The van der Waals surface area contributed by atoms with E-state index in [1.54, 1.807) is 14.0 Å². The Kier molecular flexibility index (Phi) is 5.46. The fourth-order valence-corrected chi connectivity index (χ4v) is 4.35. The highest BCUT2D eigenvalue weighted by Gasteiger charge is 2.39. The molecule has 0 spiro atoms. The molecule has 0 amide bonds. The van der Waals surface area contributed by atoms with Crippen LogP contribution in [0.3, 0.4) is 0 Å². The smallest absolute Gasteiger partial charge is 0.291 e. The molecule has 1 aliphatic rings. The zero-order valence-corrected chi connectivity index (χ0v) is 16.7. The zero-order chi connectivity index (χ0) is 18.9. The van der Waals surface area contributed by atoms with E-state index >= 15 is 0 Å². The Labute approximate surface area is 151 Å². The molecule has 0 unspecified atom stereocenters. The Morgan fingerprint density at radius 1 is 1.08 bits per heavy atom. The molecular formula is C22H30O3. The first-order valence-corrected chi connectivity index (χ1v) is 8.90. The second-order valence-corrected chi connectivity index (χ2v) is 7.41. The molecule has 136 valence electrons. The normalized spacial score (nSPS) is 30.2. The minimum absolute atomic E-state index is 0.00403. The fraction of sp³-hybridized carbons (Fsp3) is 0.500. The Morgan fingerprint density at radius 2 is 1.72 bits per heavy atom. The lowest BCUT2D eigenvalue weighted by molar-refractivity contribution is 0.241. The fourth-order valence-electron chi connectivity index (χ4n) is 4.35. The minimum Gasteiger partial charge on any atom is -0.468 e. The van der Waals surface area contributed by atoms with E-state index in [-0.39, 0.29) is 11.3 Å². The monoisotopic (exact) mass is 342 g/mol. The number of ether oxygens (including phenoxy) is 1. The molecule has 2 rings (SSSR count). The second kappa shape index (κ2) is 7.07. The highest BCUT2D eigenvalue weighted by atomic mass is 16.6. The Bertz CT molecular complexity index is 820. The summed E-state index contributed by atoms with van der Waals surface area (Å²) in [6.07, 6.45) is 7.60. The van der Waals surface area contributed by atoms with Crippen LogP contribution >= 0.6 is 0 Å². The summed E-state index contributed by atoms with van der Waals surface area (Å²) in [4.78, 5) is 12.7. The molecule has 3 heteroatoms. The molecule has 1 heterocycles. The molecule has 1 aliphatic carbocycles. The van der Waals surface area contributed by atoms with Gasteiger partial charge >= 0.3 is 0 Å². The molecule has 2 atom stereocenters. The molecule has 0 aliphatic heterocycles. The second-order valence-electron chi connectivity index (χ2n) is 7.41. The van der Waals surface area contributed by atoms with E-state index in [1.807, 2.05) is 6.92 Å². The van der Waals surface area contributed by atoms with E-state index in [4.69, 9.17) is 9.15 Å². The number of rotatable bonds is 3. The Balaban J connectivity index is 2.86. The summed E-state index contributed by atoms with van der Waals surface area (Å²) in [6, 6.07) is 0. The van der Waals surface area contributed by atoms with Crippen LogP contribution in [-0.2, 0) is 5.41 Å². The van der Waals surface area contributed by atoms with Crippen molar-refractivity contribution < 1.29 is 9.15 Å². The zero-order valence-electron chi connectivity index (χ0n) is 16.7. The highest BCUT2D eigenvalue weighted by molar-refractivity contribution is 5.43. The summed E-state index contributed by atoms with van der Waals surface area (Å²) in [5, 5.41) is 0. The maximum atomic E-state index is 12.7. The van der Waals surface area contributed by atoms with Crippen LogP contribution in [-0.4, -0.2) is 7.11 Å². The van der Waals surface area contributed by atoms with Crippen LogP contribution in [0.1, 0.15) is 57.9 Å². The van der Waals surface area contributed by atoms with Crippen LogP contribution in [0.2, 0.25) is 0 Å². The quantitative estimate of drug-likeness (QED) is 0.738. The third kappa shape index (κ3) is 3.37. The maximum Gasteiger partial charge on any atom is 0.291 e. The molecule has 3 nitrogen and oxygen atoms in total. The standard InChI is InChI=1S/C22H30O3/c1-9-18-15(4)11-13(2)10-14(3)12-22(18,7)20-16(5)19(23)17(6)21(24-8)25-20/h10-12,18H,9H2,1-8H3/b13-10-,14-12-,15-11-/t18-,22-/m1/s1. The van der Waals surface area contributed by atoms with Gasteiger partial charge in [-0.25, -0.2) is 0 Å². The summed E-state index contributed by atoms with van der Waals surface area (Å²) in [7, 11) is 1.54. The molecule has 0 aromatic carbocycles. The van der Waals surface area contributed by atoms with Crippen molar-refractivity contribution in [2.75, 3.05) is 7.11 Å². The lowest BCUT2D eigenvalue weighted by Crippen LogP contribution is -2.34. The molecule has 0 radical (unpaired) electrons. The van der Waals surface area contributed by atoms with Crippen molar-refractivity contribution in [3.05, 3.63) is 62.1 Å². The van der Waals surface area contributed by atoms with E-state index in [0.29, 0.717) is 22.8 Å². The van der Waals surface area contributed by atoms with E-state index < -0.39 is 5.41 Å². The van der Waals surface area contributed by atoms with Crippen molar-refractivity contribution in [3.63, 3.8) is 0 Å². The van der Waals surface area contributed by atoms with Gasteiger partial charge < -0.3 is 9.15 Å². The molecule has 1 aromatic rings. The van der Waals surface area contributed by atoms with Gasteiger partial charge in [-0.1, -0.05) is 41.9 Å². The average Bonchev–Trinajstić information content (AvgIpc) is 2.51. The number of hydrogen-bond donors (Lipinski definition) is 0. The summed E-state index contributed by atoms with van der Waals surface area (Å²) in [5.74, 6) is 1.25. The Morgan fingerprint density at radius 3 is 2.28 bits per heavy atom. The first-order chi connectivity index (χ1) is 11.7. The average molecular weight is 342 g/mol. The van der Waals surface area contributed by atoms with Crippen molar-refractivity contribution >= 4 is 0 Å². The van der Waals surface area contributed by atoms with E-state index in [1.165, 1.54) is 16.7 Å². The third-order valence-corrected chi connectivity index (χ3v) is 5.32. The van der Waals surface area contributed by atoms with Gasteiger partial charge in [-0.2, -0.15) is 0 Å². The topological polar surface area (TPSA) is 39.4 Å². The first-order valence-electron chi connectivity index (χ1n) is 8.90. The molecule has 25 heavy (non-hydrogen) atoms. The number of allylic oxidation sites excluding steroid dienone is 6. The molecular weight excluding hydrogens is 312 g/mol. The van der Waals surface area contributed by atoms with Crippen molar-refractivity contribution in [1.82, 2.24) is 0 Å². The summed E-state index contributed by atoms with van der Waals surface area (Å²) < 4.78 is 11.5. The molecule has 0 N–H and O–H groups in total. The van der Waals surface area contributed by atoms with E-state index in [0.717, 1.165) is 6.42 Å². The van der Waals surface area contributed by atoms with Crippen LogP contribution in [0, 0.1) is 19.8 Å². The van der Waals surface area contributed by atoms with Gasteiger partial charge in [0.05, 0.1) is 18.1 Å². The van der Waals surface area contributed by atoms with Crippen LogP contribution < -0.4 is 10.2 Å². The summed E-state index contributed by atoms with van der Waals surface area (Å²) >= 11 is 0. The van der Waals surface area contributed by atoms with Crippen LogP contribution in [0.15, 0.2) is 44.2 Å². The Hall–Kier alpha value is -2.03. The maximum absolute atomic E-state index is 12.7. The summed E-state index contributed by atoms with van der Waals surface area (Å²) in [5.41, 5.74) is 4.48. The van der Waals surface area contributed by atoms with Gasteiger partial charge in [-0.05, 0) is 53.9 Å².